The van der Waals surface area contributed by atoms with E-state index in [0.29, 0.717) is 27.8 Å². The molecule has 8 nitrogen and oxygen atoms in total. The van der Waals surface area contributed by atoms with Gasteiger partial charge in [-0.3, -0.25) is 9.59 Å². The third kappa shape index (κ3) is 4.91. The Morgan fingerprint density at radius 1 is 1.00 bits per heavy atom. The number of fused-ring (bicyclic) bond motifs is 1. The minimum absolute atomic E-state index is 0.0380. The second-order valence-electron chi connectivity index (χ2n) is 7.90. The number of aromatic nitrogens is 2. The Balaban J connectivity index is 1.73. The molecule has 0 aliphatic rings. The molecule has 1 atom stereocenters. The predicted octanol–water partition coefficient (Wildman–Crippen LogP) is 4.27. The number of ether oxygens (including phenoxy) is 2. The maximum atomic E-state index is 13.4. The number of benzene rings is 3. The first-order valence-electron chi connectivity index (χ1n) is 11.1. The first kappa shape index (κ1) is 23.7. The lowest BCUT2D eigenvalue weighted by Gasteiger charge is -2.19. The molecule has 0 saturated heterocycles. The monoisotopic (exact) mass is 471 g/mol. The first-order valence-corrected chi connectivity index (χ1v) is 11.1. The summed E-state index contributed by atoms with van der Waals surface area (Å²) in [5.74, 6) is -0.894. The van der Waals surface area contributed by atoms with Gasteiger partial charge in [0.25, 0.3) is 11.5 Å². The predicted molar refractivity (Wildman–Crippen MR) is 133 cm³/mol. The van der Waals surface area contributed by atoms with Gasteiger partial charge in [-0.2, -0.15) is 5.10 Å². The number of esters is 1. The lowest BCUT2D eigenvalue weighted by Crippen LogP contribution is -2.29. The van der Waals surface area contributed by atoms with Crippen molar-refractivity contribution in [1.29, 1.82) is 0 Å². The Morgan fingerprint density at radius 2 is 1.69 bits per heavy atom. The molecule has 1 N–H and O–H groups in total. The lowest BCUT2D eigenvalue weighted by atomic mass is 10.1. The van der Waals surface area contributed by atoms with Crippen molar-refractivity contribution in [3.8, 4) is 5.75 Å². The summed E-state index contributed by atoms with van der Waals surface area (Å²) in [5, 5.41) is 7.75. The molecule has 1 aromatic heterocycles. The highest BCUT2D eigenvalue weighted by Crippen LogP contribution is 2.28. The molecule has 0 bridgehead atoms. The molecule has 0 aliphatic heterocycles. The standard InChI is InChI=1S/C27H25N3O5/c1-4-30-26(32)20-13-9-8-12-19(20)23(29-30)27(33)35-24(18-10-6-5-7-11-18)25(31)28-21-16-17(2)14-15-22(21)34-3/h5-16,24H,4H2,1-3H3,(H,28,31)/t24-/m1/s1. The van der Waals surface area contributed by atoms with Crippen molar-refractivity contribution in [2.75, 3.05) is 12.4 Å². The molecule has 8 heteroatoms. The van der Waals surface area contributed by atoms with Gasteiger partial charge in [0.1, 0.15) is 5.75 Å². The van der Waals surface area contributed by atoms with E-state index in [1.807, 2.05) is 13.0 Å². The van der Waals surface area contributed by atoms with E-state index in [1.54, 1.807) is 73.7 Å². The minimum Gasteiger partial charge on any atom is -0.495 e. The molecule has 1 heterocycles. The van der Waals surface area contributed by atoms with Crippen LogP contribution in [-0.2, 0) is 16.1 Å². The Bertz CT molecular complexity index is 1450. The number of anilines is 1. The fraction of sp³-hybridized carbons (Fsp3) is 0.185. The third-order valence-corrected chi connectivity index (χ3v) is 5.54. The normalized spacial score (nSPS) is 11.6. The molecule has 0 saturated carbocycles. The highest BCUT2D eigenvalue weighted by atomic mass is 16.5. The number of hydrogen-bond acceptors (Lipinski definition) is 6. The highest BCUT2D eigenvalue weighted by molar-refractivity contribution is 6.04. The maximum Gasteiger partial charge on any atom is 0.360 e. The summed E-state index contributed by atoms with van der Waals surface area (Å²) in [4.78, 5) is 39.4. The Kier molecular flexibility index (Phi) is 6.91. The molecule has 0 radical (unpaired) electrons. The molecular formula is C27H25N3O5. The van der Waals surface area contributed by atoms with Crippen LogP contribution in [0, 0.1) is 6.92 Å². The second-order valence-corrected chi connectivity index (χ2v) is 7.90. The van der Waals surface area contributed by atoms with Crippen LogP contribution in [-0.4, -0.2) is 28.8 Å². The Hall–Kier alpha value is -4.46. The molecule has 3 aromatic carbocycles. The van der Waals surface area contributed by atoms with E-state index in [0.717, 1.165) is 5.56 Å². The Labute approximate surface area is 202 Å². The van der Waals surface area contributed by atoms with Crippen LogP contribution in [0.3, 0.4) is 0 Å². The number of methoxy groups -OCH3 is 1. The molecule has 35 heavy (non-hydrogen) atoms. The summed E-state index contributed by atoms with van der Waals surface area (Å²) >= 11 is 0. The molecule has 1 amide bonds. The number of amides is 1. The maximum absolute atomic E-state index is 13.4. The topological polar surface area (TPSA) is 99.5 Å². The molecule has 0 fully saturated rings. The van der Waals surface area contributed by atoms with E-state index < -0.39 is 18.0 Å². The van der Waals surface area contributed by atoms with Gasteiger partial charge >= 0.3 is 5.97 Å². The number of nitrogens with zero attached hydrogens (tertiary/aromatic N) is 2. The van der Waals surface area contributed by atoms with Gasteiger partial charge in [0, 0.05) is 17.5 Å². The van der Waals surface area contributed by atoms with Crippen molar-refractivity contribution in [1.82, 2.24) is 9.78 Å². The van der Waals surface area contributed by atoms with Gasteiger partial charge in [-0.15, -0.1) is 0 Å². The zero-order valence-electron chi connectivity index (χ0n) is 19.6. The average molecular weight is 472 g/mol. The SMILES string of the molecule is CCn1nc(C(=O)O[C@@H](C(=O)Nc2cc(C)ccc2OC)c2ccccc2)c2ccccc2c1=O. The quantitative estimate of drug-likeness (QED) is 0.404. The van der Waals surface area contributed by atoms with Crippen LogP contribution in [0.4, 0.5) is 5.69 Å². The number of hydrogen-bond donors (Lipinski definition) is 1. The molecule has 178 valence electrons. The number of carbonyl (C=O) groups is 2. The molecule has 4 rings (SSSR count). The van der Waals surface area contributed by atoms with Crippen molar-refractivity contribution < 1.29 is 19.1 Å². The van der Waals surface area contributed by atoms with E-state index in [1.165, 1.54) is 11.8 Å². The average Bonchev–Trinajstić information content (AvgIpc) is 2.88. The van der Waals surface area contributed by atoms with Crippen molar-refractivity contribution in [2.45, 2.75) is 26.5 Å². The summed E-state index contributed by atoms with van der Waals surface area (Å²) < 4.78 is 12.3. The highest BCUT2D eigenvalue weighted by Gasteiger charge is 2.28. The van der Waals surface area contributed by atoms with E-state index >= 15 is 0 Å². The molecule has 0 aliphatic carbocycles. The fourth-order valence-electron chi connectivity index (χ4n) is 3.78. The van der Waals surface area contributed by atoms with Gasteiger partial charge in [-0.1, -0.05) is 54.6 Å². The zero-order valence-corrected chi connectivity index (χ0v) is 19.6. The molecule has 0 unspecified atom stereocenters. The zero-order chi connectivity index (χ0) is 24.9. The van der Waals surface area contributed by atoms with E-state index in [9.17, 15) is 14.4 Å². The van der Waals surface area contributed by atoms with Crippen LogP contribution in [0.2, 0.25) is 0 Å². The number of carbonyl (C=O) groups excluding carboxylic acids is 2. The van der Waals surface area contributed by atoms with Crippen molar-refractivity contribution in [3.63, 3.8) is 0 Å². The summed E-state index contributed by atoms with van der Waals surface area (Å²) in [7, 11) is 1.51. The summed E-state index contributed by atoms with van der Waals surface area (Å²) in [6.45, 7) is 3.93. The van der Waals surface area contributed by atoms with Gasteiger partial charge in [-0.05, 0) is 37.6 Å². The number of nitrogens with one attached hydrogen (secondary N) is 1. The van der Waals surface area contributed by atoms with Gasteiger partial charge in [0.2, 0.25) is 6.10 Å². The lowest BCUT2D eigenvalue weighted by molar-refractivity contribution is -0.125. The van der Waals surface area contributed by atoms with Gasteiger partial charge < -0.3 is 14.8 Å². The van der Waals surface area contributed by atoms with Crippen molar-refractivity contribution in [2.24, 2.45) is 0 Å². The van der Waals surface area contributed by atoms with Crippen LogP contribution in [0.25, 0.3) is 10.8 Å². The number of aryl methyl sites for hydroxylation is 2. The second kappa shape index (κ2) is 10.2. The van der Waals surface area contributed by atoms with Gasteiger partial charge in [0.15, 0.2) is 5.69 Å². The van der Waals surface area contributed by atoms with Gasteiger partial charge in [0.05, 0.1) is 18.2 Å². The van der Waals surface area contributed by atoms with Crippen LogP contribution in [0.5, 0.6) is 5.75 Å². The molecular weight excluding hydrogens is 446 g/mol. The summed E-state index contributed by atoms with van der Waals surface area (Å²) in [6, 6.07) is 20.8. The largest absolute Gasteiger partial charge is 0.495 e. The number of rotatable bonds is 7. The third-order valence-electron chi connectivity index (χ3n) is 5.54. The van der Waals surface area contributed by atoms with E-state index in [-0.39, 0.29) is 17.8 Å². The fourth-order valence-corrected chi connectivity index (χ4v) is 3.78. The van der Waals surface area contributed by atoms with Crippen LogP contribution >= 0.6 is 0 Å². The van der Waals surface area contributed by atoms with E-state index in [2.05, 4.69) is 10.4 Å². The van der Waals surface area contributed by atoms with Crippen molar-refractivity contribution in [3.05, 3.63) is 100.0 Å². The van der Waals surface area contributed by atoms with Crippen molar-refractivity contribution >= 4 is 28.3 Å². The van der Waals surface area contributed by atoms with Gasteiger partial charge in [-0.25, -0.2) is 9.48 Å². The van der Waals surface area contributed by atoms with Crippen LogP contribution in [0.1, 0.15) is 34.6 Å². The molecule has 4 aromatic rings. The van der Waals surface area contributed by atoms with Crippen LogP contribution < -0.4 is 15.6 Å². The van der Waals surface area contributed by atoms with Crippen LogP contribution in [0.15, 0.2) is 77.6 Å². The first-order chi connectivity index (χ1) is 16.9. The molecule has 0 spiro atoms. The summed E-state index contributed by atoms with van der Waals surface area (Å²) in [6.07, 6.45) is -1.27. The smallest absolute Gasteiger partial charge is 0.360 e. The minimum atomic E-state index is -1.27. The summed E-state index contributed by atoms with van der Waals surface area (Å²) in [5.41, 5.74) is 1.52. The van der Waals surface area contributed by atoms with E-state index in [4.69, 9.17) is 9.47 Å². The Morgan fingerprint density at radius 3 is 2.37 bits per heavy atom.